The van der Waals surface area contributed by atoms with Crippen LogP contribution in [0.1, 0.15) is 31.2 Å². The van der Waals surface area contributed by atoms with Crippen LogP contribution in [0.25, 0.3) is 0 Å². The summed E-state index contributed by atoms with van der Waals surface area (Å²) in [6.07, 6.45) is 3.81. The fourth-order valence-electron chi connectivity index (χ4n) is 2.73. The number of halogens is 2. The monoisotopic (exact) mass is 272 g/mol. The van der Waals surface area contributed by atoms with Crippen molar-refractivity contribution in [3.05, 3.63) is 34.6 Å². The van der Waals surface area contributed by atoms with Crippen LogP contribution < -0.4 is 0 Å². The van der Waals surface area contributed by atoms with Gasteiger partial charge >= 0.3 is 0 Å². The van der Waals surface area contributed by atoms with E-state index in [1.165, 1.54) is 12.1 Å². The Labute approximate surface area is 112 Å². The van der Waals surface area contributed by atoms with Gasteiger partial charge in [-0.3, -0.25) is 0 Å². The first kappa shape index (κ1) is 13.8. The Morgan fingerprint density at radius 2 is 2.28 bits per heavy atom. The van der Waals surface area contributed by atoms with Gasteiger partial charge in [-0.2, -0.15) is 0 Å². The zero-order valence-electron chi connectivity index (χ0n) is 10.5. The minimum Gasteiger partial charge on any atom is -0.387 e. The van der Waals surface area contributed by atoms with E-state index in [2.05, 4.69) is 0 Å². The molecule has 0 heterocycles. The Morgan fingerprint density at radius 1 is 1.50 bits per heavy atom. The maximum atomic E-state index is 13.4. The van der Waals surface area contributed by atoms with Gasteiger partial charge in [-0.1, -0.05) is 30.5 Å². The summed E-state index contributed by atoms with van der Waals surface area (Å²) < 4.78 is 18.8. The molecule has 0 saturated heterocycles. The third kappa shape index (κ3) is 2.85. The summed E-state index contributed by atoms with van der Waals surface area (Å²) in [6.45, 7) is 0. The minimum atomic E-state index is -0.896. The highest BCUT2D eigenvalue weighted by Gasteiger charge is 2.39. The fraction of sp³-hybridized carbons (Fsp3) is 0.571. The molecule has 2 unspecified atom stereocenters. The average Bonchev–Trinajstić information content (AvgIpc) is 2.34. The SMILES string of the molecule is COC1CCCCC1(O)Cc1ccc(Cl)c(F)c1. The van der Waals surface area contributed by atoms with Crippen molar-refractivity contribution in [1.29, 1.82) is 0 Å². The fourth-order valence-corrected chi connectivity index (χ4v) is 2.85. The van der Waals surface area contributed by atoms with Crippen molar-refractivity contribution in [3.63, 3.8) is 0 Å². The molecule has 100 valence electrons. The number of benzene rings is 1. The third-order valence-electron chi connectivity index (χ3n) is 3.70. The first-order chi connectivity index (χ1) is 8.55. The number of methoxy groups -OCH3 is 1. The lowest BCUT2D eigenvalue weighted by Gasteiger charge is -2.39. The highest BCUT2D eigenvalue weighted by atomic mass is 35.5. The molecular weight excluding hydrogens is 255 g/mol. The van der Waals surface area contributed by atoms with Crippen molar-refractivity contribution >= 4 is 11.6 Å². The van der Waals surface area contributed by atoms with Gasteiger partial charge in [-0.25, -0.2) is 4.39 Å². The van der Waals surface area contributed by atoms with Gasteiger partial charge in [0.25, 0.3) is 0 Å². The zero-order chi connectivity index (χ0) is 13.2. The Bertz CT molecular complexity index is 424. The van der Waals surface area contributed by atoms with Gasteiger partial charge in [0.05, 0.1) is 16.7 Å². The van der Waals surface area contributed by atoms with Crippen LogP contribution in [0.4, 0.5) is 4.39 Å². The van der Waals surface area contributed by atoms with Crippen LogP contribution in [0.15, 0.2) is 18.2 Å². The summed E-state index contributed by atoms with van der Waals surface area (Å²) in [7, 11) is 1.61. The van der Waals surface area contributed by atoms with E-state index in [1.807, 2.05) is 0 Å². The molecule has 0 spiro atoms. The molecule has 2 nitrogen and oxygen atoms in total. The molecule has 1 aromatic carbocycles. The summed E-state index contributed by atoms with van der Waals surface area (Å²) in [6, 6.07) is 4.67. The number of hydrogen-bond donors (Lipinski definition) is 1. The zero-order valence-corrected chi connectivity index (χ0v) is 11.2. The molecule has 1 fully saturated rings. The van der Waals surface area contributed by atoms with Crippen LogP contribution in [-0.4, -0.2) is 23.9 Å². The highest BCUT2D eigenvalue weighted by molar-refractivity contribution is 6.30. The van der Waals surface area contributed by atoms with E-state index in [4.69, 9.17) is 16.3 Å². The summed E-state index contributed by atoms with van der Waals surface area (Å²) in [5, 5.41) is 10.8. The van der Waals surface area contributed by atoms with Crippen molar-refractivity contribution in [2.75, 3.05) is 7.11 Å². The van der Waals surface area contributed by atoms with E-state index >= 15 is 0 Å². The second-order valence-corrected chi connectivity index (χ2v) is 5.41. The van der Waals surface area contributed by atoms with Gasteiger partial charge in [0.2, 0.25) is 0 Å². The quantitative estimate of drug-likeness (QED) is 0.914. The number of aliphatic hydroxyl groups is 1. The standard InChI is InChI=1S/C14H18ClFO2/c1-18-13-4-2-3-7-14(13,17)9-10-5-6-11(15)12(16)8-10/h5-6,8,13,17H,2-4,7,9H2,1H3. The summed E-state index contributed by atoms with van der Waals surface area (Å²) in [4.78, 5) is 0. The molecule has 0 bridgehead atoms. The molecule has 0 aliphatic heterocycles. The van der Waals surface area contributed by atoms with Gasteiger partial charge in [-0.15, -0.1) is 0 Å². The summed E-state index contributed by atoms with van der Waals surface area (Å²) in [5.41, 5.74) is -0.142. The first-order valence-electron chi connectivity index (χ1n) is 6.24. The molecule has 0 aromatic heterocycles. The smallest absolute Gasteiger partial charge is 0.142 e. The Hall–Kier alpha value is -0.640. The molecule has 1 N–H and O–H groups in total. The van der Waals surface area contributed by atoms with Crippen molar-refractivity contribution in [2.24, 2.45) is 0 Å². The van der Waals surface area contributed by atoms with Crippen LogP contribution in [0.2, 0.25) is 5.02 Å². The Kier molecular flexibility index (Phi) is 4.25. The van der Waals surface area contributed by atoms with E-state index in [9.17, 15) is 9.50 Å². The van der Waals surface area contributed by atoms with E-state index in [0.717, 1.165) is 24.8 Å². The Morgan fingerprint density at radius 3 is 2.94 bits per heavy atom. The van der Waals surface area contributed by atoms with Gasteiger partial charge < -0.3 is 9.84 Å². The summed E-state index contributed by atoms with van der Waals surface area (Å²) in [5.74, 6) is -0.442. The number of rotatable bonds is 3. The first-order valence-corrected chi connectivity index (χ1v) is 6.62. The van der Waals surface area contributed by atoms with Gasteiger partial charge in [0, 0.05) is 13.5 Å². The van der Waals surface area contributed by atoms with Crippen LogP contribution in [0.5, 0.6) is 0 Å². The molecule has 2 rings (SSSR count). The van der Waals surface area contributed by atoms with Crippen LogP contribution in [0.3, 0.4) is 0 Å². The molecule has 1 aliphatic rings. The molecule has 18 heavy (non-hydrogen) atoms. The maximum absolute atomic E-state index is 13.4. The number of hydrogen-bond acceptors (Lipinski definition) is 2. The van der Waals surface area contributed by atoms with E-state index in [-0.39, 0.29) is 11.1 Å². The highest BCUT2D eigenvalue weighted by Crippen LogP contribution is 2.33. The van der Waals surface area contributed by atoms with Crippen molar-refractivity contribution in [2.45, 2.75) is 43.8 Å². The molecule has 1 aromatic rings. The lowest BCUT2D eigenvalue weighted by Crippen LogP contribution is -2.47. The predicted molar refractivity (Wildman–Crippen MR) is 69.3 cm³/mol. The van der Waals surface area contributed by atoms with E-state index < -0.39 is 11.4 Å². The van der Waals surface area contributed by atoms with Gasteiger partial charge in [-0.05, 0) is 30.5 Å². The van der Waals surface area contributed by atoms with E-state index in [1.54, 1.807) is 13.2 Å². The predicted octanol–water partition coefficient (Wildman–Crippen LogP) is 3.34. The second kappa shape index (κ2) is 5.55. The van der Waals surface area contributed by atoms with Crippen LogP contribution in [0, 0.1) is 5.82 Å². The van der Waals surface area contributed by atoms with Crippen molar-refractivity contribution < 1.29 is 14.2 Å². The normalized spacial score (nSPS) is 28.3. The van der Waals surface area contributed by atoms with E-state index in [0.29, 0.717) is 12.8 Å². The molecule has 2 atom stereocenters. The van der Waals surface area contributed by atoms with Gasteiger partial charge in [0.15, 0.2) is 0 Å². The maximum Gasteiger partial charge on any atom is 0.142 e. The lowest BCUT2D eigenvalue weighted by molar-refractivity contribution is -0.116. The van der Waals surface area contributed by atoms with Gasteiger partial charge in [0.1, 0.15) is 5.82 Å². The molecule has 0 radical (unpaired) electrons. The summed E-state index contributed by atoms with van der Waals surface area (Å²) >= 11 is 5.65. The third-order valence-corrected chi connectivity index (χ3v) is 4.01. The van der Waals surface area contributed by atoms with Crippen molar-refractivity contribution in [3.8, 4) is 0 Å². The lowest BCUT2D eigenvalue weighted by atomic mass is 9.78. The number of ether oxygens (including phenoxy) is 1. The molecular formula is C14H18ClFO2. The largest absolute Gasteiger partial charge is 0.387 e. The molecule has 1 aliphatic carbocycles. The molecule has 4 heteroatoms. The molecule has 0 amide bonds. The second-order valence-electron chi connectivity index (χ2n) is 5.00. The topological polar surface area (TPSA) is 29.5 Å². The van der Waals surface area contributed by atoms with Crippen LogP contribution >= 0.6 is 11.6 Å². The average molecular weight is 273 g/mol. The Balaban J connectivity index is 2.17. The minimum absolute atomic E-state index is 0.109. The van der Waals surface area contributed by atoms with Crippen LogP contribution in [-0.2, 0) is 11.2 Å². The van der Waals surface area contributed by atoms with Crippen molar-refractivity contribution in [1.82, 2.24) is 0 Å². The molecule has 1 saturated carbocycles.